The second kappa shape index (κ2) is 1.51. The first kappa shape index (κ1) is 3.99. The molecule has 0 aliphatic carbocycles. The average Bonchev–Trinajstić information content (AvgIpc) is 1.86. The maximum atomic E-state index is 4.64. The molecule has 0 aromatic carbocycles. The molecule has 2 nitrogen and oxygen atoms in total. The molecule has 33 valence electrons. The highest BCUT2D eigenvalue weighted by atomic mass is 32.1. The molecule has 0 aromatic rings. The van der Waals surface area contributed by atoms with Gasteiger partial charge < -0.3 is 0 Å². The summed E-state index contributed by atoms with van der Waals surface area (Å²) < 4.78 is 1.51. The highest BCUT2D eigenvalue weighted by Crippen LogP contribution is 1.99. The van der Waals surface area contributed by atoms with Crippen LogP contribution >= 0.6 is 12.8 Å². The molecule has 1 aliphatic heterocycles. The zero-order valence-electron chi connectivity index (χ0n) is 3.29. The zero-order valence-corrected chi connectivity index (χ0v) is 4.11. The van der Waals surface area contributed by atoms with E-state index in [2.05, 4.69) is 17.9 Å². The molecule has 6 heavy (non-hydrogen) atoms. The van der Waals surface area contributed by atoms with Crippen LogP contribution in [0.3, 0.4) is 0 Å². The van der Waals surface area contributed by atoms with Gasteiger partial charge in [-0.3, -0.25) is 0 Å². The zero-order chi connectivity index (χ0) is 4.41. The smallest absolute Gasteiger partial charge is 0.0636 e. The fourth-order valence-corrected chi connectivity index (χ4v) is 0.547. The highest BCUT2D eigenvalue weighted by Gasteiger charge is 1.97. The summed E-state index contributed by atoms with van der Waals surface area (Å²) in [5.74, 6) is 0. The normalized spacial score (nSPS) is 19.8. The third kappa shape index (κ3) is 0.653. The summed E-state index contributed by atoms with van der Waals surface area (Å²) >= 11 is 4.64. The van der Waals surface area contributed by atoms with E-state index >= 15 is 0 Å². The monoisotopic (exact) mass is 101 g/mol. The highest BCUT2D eigenvalue weighted by molar-refractivity contribution is 7.77. The average molecular weight is 101 g/mol. The molecule has 0 saturated carbocycles. The van der Waals surface area contributed by atoms with Crippen LogP contribution in [0.1, 0.15) is 6.42 Å². The summed E-state index contributed by atoms with van der Waals surface area (Å²) in [5.41, 5.74) is 0. The Morgan fingerprint density at radius 2 is 2.67 bits per heavy atom. The fraction of sp³-hybridized carbons (Fsp3) is 0.667. The van der Waals surface area contributed by atoms with Gasteiger partial charge in [-0.1, -0.05) is 0 Å². The lowest BCUT2D eigenvalue weighted by atomic mass is 10.5. The van der Waals surface area contributed by atoms with Crippen molar-refractivity contribution in [3.63, 3.8) is 0 Å². The first-order valence-corrected chi connectivity index (χ1v) is 2.23. The molecule has 1 rings (SSSR count). The molecular weight excluding hydrogens is 96.1 g/mol. The Bertz CT molecular complexity index is 71.2. The van der Waals surface area contributed by atoms with Crippen LogP contribution in [0.2, 0.25) is 0 Å². The maximum absolute atomic E-state index is 4.64. The Hall–Kier alpha value is -0.180. The number of rotatable bonds is 0. The molecule has 0 bridgehead atoms. The molecule has 0 saturated heterocycles. The minimum absolute atomic E-state index is 0.912. The SMILES string of the molecule is [S]N1CCC=N1. The van der Waals surface area contributed by atoms with Gasteiger partial charge in [0.2, 0.25) is 0 Å². The van der Waals surface area contributed by atoms with E-state index in [0.29, 0.717) is 0 Å². The Morgan fingerprint density at radius 3 is 2.83 bits per heavy atom. The summed E-state index contributed by atoms with van der Waals surface area (Å²) in [6.07, 6.45) is 2.84. The van der Waals surface area contributed by atoms with Gasteiger partial charge in [0, 0.05) is 12.6 Å². The molecule has 0 unspecified atom stereocenters. The van der Waals surface area contributed by atoms with Crippen molar-refractivity contribution in [1.29, 1.82) is 0 Å². The second-order valence-electron chi connectivity index (χ2n) is 1.16. The van der Waals surface area contributed by atoms with E-state index in [-0.39, 0.29) is 0 Å². The molecular formula is C3H5N2S. The van der Waals surface area contributed by atoms with E-state index in [1.165, 1.54) is 4.41 Å². The Labute approximate surface area is 42.4 Å². The molecule has 0 amide bonds. The van der Waals surface area contributed by atoms with Crippen LogP contribution in [0.5, 0.6) is 0 Å². The van der Waals surface area contributed by atoms with Crippen LogP contribution in [0.15, 0.2) is 5.10 Å². The van der Waals surface area contributed by atoms with Crippen molar-refractivity contribution in [3.05, 3.63) is 0 Å². The lowest BCUT2D eigenvalue weighted by Crippen LogP contribution is -1.96. The van der Waals surface area contributed by atoms with Gasteiger partial charge in [-0.25, -0.2) is 4.41 Å². The third-order valence-corrected chi connectivity index (χ3v) is 0.937. The molecule has 3 heteroatoms. The summed E-state index contributed by atoms with van der Waals surface area (Å²) in [5, 5.41) is 3.76. The van der Waals surface area contributed by atoms with Gasteiger partial charge in [0.05, 0.1) is 19.4 Å². The fourth-order valence-electron chi connectivity index (χ4n) is 0.375. The van der Waals surface area contributed by atoms with Crippen molar-refractivity contribution in [2.45, 2.75) is 6.42 Å². The van der Waals surface area contributed by atoms with Crippen molar-refractivity contribution >= 4 is 19.0 Å². The van der Waals surface area contributed by atoms with E-state index in [1.54, 1.807) is 0 Å². The van der Waals surface area contributed by atoms with Gasteiger partial charge in [-0.15, -0.1) is 0 Å². The number of hydrogen-bond acceptors (Lipinski definition) is 2. The summed E-state index contributed by atoms with van der Waals surface area (Å²) in [6.45, 7) is 0.912. The number of nitrogens with zero attached hydrogens (tertiary/aromatic N) is 2. The second-order valence-corrected chi connectivity index (χ2v) is 1.58. The maximum Gasteiger partial charge on any atom is 0.0636 e. The van der Waals surface area contributed by atoms with Crippen LogP contribution in [-0.2, 0) is 0 Å². The van der Waals surface area contributed by atoms with Crippen LogP contribution in [0, 0.1) is 0 Å². The lowest BCUT2D eigenvalue weighted by Gasteiger charge is -1.95. The van der Waals surface area contributed by atoms with Crippen LogP contribution < -0.4 is 0 Å². The minimum atomic E-state index is 0.912. The minimum Gasteiger partial charge on any atom is -0.227 e. The Balaban J connectivity index is 2.38. The van der Waals surface area contributed by atoms with Gasteiger partial charge in [0.15, 0.2) is 0 Å². The van der Waals surface area contributed by atoms with E-state index in [9.17, 15) is 0 Å². The largest absolute Gasteiger partial charge is 0.227 e. The molecule has 1 radical (unpaired) electrons. The standard InChI is InChI=1S/C3H5N2S/c6-5-3-1-2-4-5/h2H,1,3H2. The van der Waals surface area contributed by atoms with Gasteiger partial charge in [-0.2, -0.15) is 5.10 Å². The topological polar surface area (TPSA) is 15.6 Å². The van der Waals surface area contributed by atoms with Crippen LogP contribution in [0.4, 0.5) is 0 Å². The molecule has 0 atom stereocenters. The molecule has 0 N–H and O–H groups in total. The van der Waals surface area contributed by atoms with Crippen molar-refractivity contribution in [2.75, 3.05) is 6.54 Å². The molecule has 0 fully saturated rings. The van der Waals surface area contributed by atoms with Crippen molar-refractivity contribution in [2.24, 2.45) is 5.10 Å². The molecule has 0 aromatic heterocycles. The van der Waals surface area contributed by atoms with Crippen molar-refractivity contribution in [3.8, 4) is 0 Å². The predicted octanol–water partition coefficient (Wildman–Crippen LogP) is 0.790. The number of hydrogen-bond donors (Lipinski definition) is 0. The van der Waals surface area contributed by atoms with Crippen molar-refractivity contribution in [1.82, 2.24) is 4.41 Å². The third-order valence-electron chi connectivity index (χ3n) is 0.660. The predicted molar refractivity (Wildman–Crippen MR) is 27.4 cm³/mol. The first-order valence-electron chi connectivity index (χ1n) is 1.87. The lowest BCUT2D eigenvalue weighted by molar-refractivity contribution is 0.563. The van der Waals surface area contributed by atoms with Gasteiger partial charge in [0.25, 0.3) is 0 Å². The first-order chi connectivity index (χ1) is 2.89. The Kier molecular flexibility index (Phi) is 1.01. The molecule has 0 spiro atoms. The number of hydrazone groups is 1. The molecule has 1 heterocycles. The van der Waals surface area contributed by atoms with E-state index in [0.717, 1.165) is 13.0 Å². The van der Waals surface area contributed by atoms with E-state index < -0.39 is 0 Å². The Morgan fingerprint density at radius 1 is 1.83 bits per heavy atom. The van der Waals surface area contributed by atoms with Gasteiger partial charge in [0.1, 0.15) is 0 Å². The van der Waals surface area contributed by atoms with E-state index in [4.69, 9.17) is 0 Å². The van der Waals surface area contributed by atoms with E-state index in [1.807, 2.05) is 6.21 Å². The summed E-state index contributed by atoms with van der Waals surface area (Å²) in [7, 11) is 0. The summed E-state index contributed by atoms with van der Waals surface area (Å²) in [6, 6.07) is 0. The van der Waals surface area contributed by atoms with Crippen LogP contribution in [-0.4, -0.2) is 17.2 Å². The van der Waals surface area contributed by atoms with Gasteiger partial charge in [-0.05, 0) is 0 Å². The summed E-state index contributed by atoms with van der Waals surface area (Å²) in [4.78, 5) is 0. The van der Waals surface area contributed by atoms with Crippen molar-refractivity contribution < 1.29 is 0 Å². The van der Waals surface area contributed by atoms with Crippen LogP contribution in [0.25, 0.3) is 0 Å². The quantitative estimate of drug-likeness (QED) is 0.440. The van der Waals surface area contributed by atoms with Gasteiger partial charge >= 0.3 is 0 Å². The molecule has 1 aliphatic rings.